The van der Waals surface area contributed by atoms with Gasteiger partial charge in [-0.2, -0.15) is 5.10 Å². The van der Waals surface area contributed by atoms with E-state index in [4.69, 9.17) is 4.74 Å². The maximum Gasteiger partial charge on any atom is 0.248 e. The Kier molecular flexibility index (Phi) is 6.09. The normalized spacial score (nSPS) is 14.9. The molecule has 148 valence electrons. The van der Waals surface area contributed by atoms with Gasteiger partial charge in [0, 0.05) is 61.1 Å². The van der Waals surface area contributed by atoms with Crippen LogP contribution in [0.5, 0.6) is 0 Å². The third-order valence-electron chi connectivity index (χ3n) is 4.81. The third kappa shape index (κ3) is 5.16. The molecule has 0 aliphatic carbocycles. The van der Waals surface area contributed by atoms with Gasteiger partial charge in [0.15, 0.2) is 0 Å². The highest BCUT2D eigenvalue weighted by molar-refractivity contribution is 6.02. The molecular formula is C22H23N5O2. The number of hydrogen-bond donors (Lipinski definition) is 2. The highest BCUT2D eigenvalue weighted by Crippen LogP contribution is 2.22. The van der Waals surface area contributed by atoms with E-state index in [9.17, 15) is 4.79 Å². The molecule has 7 nitrogen and oxygen atoms in total. The molecule has 3 heterocycles. The topological polar surface area (TPSA) is 83.1 Å². The van der Waals surface area contributed by atoms with E-state index in [-0.39, 0.29) is 5.91 Å². The zero-order valence-electron chi connectivity index (χ0n) is 16.0. The summed E-state index contributed by atoms with van der Waals surface area (Å²) in [5, 5.41) is 9.68. The summed E-state index contributed by atoms with van der Waals surface area (Å²) in [5.41, 5.74) is 4.76. The molecule has 2 aromatic heterocycles. The Bertz CT molecular complexity index is 961. The Morgan fingerprint density at radius 3 is 2.76 bits per heavy atom. The standard InChI is InChI=1S/C22H23N5O2/c28-22(6-3-18-13-23-8-7-21(18)19-14-24-25-15-19)26-20-4-1-17(2-5-20)16-27-9-11-29-12-10-27/h1-8,13-15H,9-12,16H2,(H,24,25)(H,26,28)/b6-3+. The number of carbonyl (C=O) groups excluding carboxylic acids is 1. The van der Waals surface area contributed by atoms with Gasteiger partial charge < -0.3 is 10.1 Å². The molecule has 1 saturated heterocycles. The minimum atomic E-state index is -0.187. The summed E-state index contributed by atoms with van der Waals surface area (Å²) >= 11 is 0. The van der Waals surface area contributed by atoms with Crippen molar-refractivity contribution in [2.45, 2.75) is 6.54 Å². The fraction of sp³-hybridized carbons (Fsp3) is 0.227. The summed E-state index contributed by atoms with van der Waals surface area (Å²) in [6, 6.07) is 9.86. The number of anilines is 1. The molecule has 1 fully saturated rings. The van der Waals surface area contributed by atoms with Crippen LogP contribution in [0, 0.1) is 0 Å². The molecule has 1 aromatic carbocycles. The number of H-pyrrole nitrogens is 1. The van der Waals surface area contributed by atoms with Gasteiger partial charge in [0.1, 0.15) is 0 Å². The molecule has 1 amide bonds. The first-order valence-corrected chi connectivity index (χ1v) is 9.59. The largest absolute Gasteiger partial charge is 0.379 e. The number of rotatable bonds is 6. The molecule has 0 atom stereocenters. The monoisotopic (exact) mass is 389 g/mol. The molecule has 4 rings (SSSR count). The number of benzene rings is 1. The molecule has 0 unspecified atom stereocenters. The summed E-state index contributed by atoms with van der Waals surface area (Å²) in [5.74, 6) is -0.187. The summed E-state index contributed by atoms with van der Waals surface area (Å²) in [6.45, 7) is 4.39. The summed E-state index contributed by atoms with van der Waals surface area (Å²) in [6.07, 6.45) is 10.3. The van der Waals surface area contributed by atoms with Gasteiger partial charge in [-0.1, -0.05) is 12.1 Å². The van der Waals surface area contributed by atoms with E-state index >= 15 is 0 Å². The van der Waals surface area contributed by atoms with Gasteiger partial charge in [0.05, 0.1) is 19.4 Å². The summed E-state index contributed by atoms with van der Waals surface area (Å²) in [7, 11) is 0. The Morgan fingerprint density at radius 1 is 1.17 bits per heavy atom. The first-order chi connectivity index (χ1) is 14.3. The molecule has 1 aliphatic rings. The van der Waals surface area contributed by atoms with Gasteiger partial charge >= 0.3 is 0 Å². The lowest BCUT2D eigenvalue weighted by atomic mass is 10.0. The number of aromatic nitrogens is 3. The fourth-order valence-electron chi connectivity index (χ4n) is 3.26. The third-order valence-corrected chi connectivity index (χ3v) is 4.81. The number of carbonyl (C=O) groups is 1. The first-order valence-electron chi connectivity index (χ1n) is 9.59. The molecule has 0 spiro atoms. The van der Waals surface area contributed by atoms with Gasteiger partial charge in [-0.25, -0.2) is 0 Å². The van der Waals surface area contributed by atoms with Gasteiger partial charge in [0.2, 0.25) is 5.91 Å². The van der Waals surface area contributed by atoms with Crippen LogP contribution in [0.1, 0.15) is 11.1 Å². The Labute approximate surface area is 169 Å². The van der Waals surface area contributed by atoms with Crippen LogP contribution < -0.4 is 5.32 Å². The lowest BCUT2D eigenvalue weighted by molar-refractivity contribution is -0.111. The molecular weight excluding hydrogens is 366 g/mol. The fourth-order valence-corrected chi connectivity index (χ4v) is 3.26. The summed E-state index contributed by atoms with van der Waals surface area (Å²) < 4.78 is 5.38. The Balaban J connectivity index is 1.36. The number of morpholine rings is 1. The quantitative estimate of drug-likeness (QED) is 0.634. The van der Waals surface area contributed by atoms with E-state index in [2.05, 4.69) is 25.4 Å². The second-order valence-electron chi connectivity index (χ2n) is 6.86. The molecule has 1 aliphatic heterocycles. The number of amides is 1. The van der Waals surface area contributed by atoms with Crippen LogP contribution in [-0.4, -0.2) is 52.3 Å². The van der Waals surface area contributed by atoms with Gasteiger partial charge in [-0.15, -0.1) is 0 Å². The average molecular weight is 389 g/mol. The first kappa shape index (κ1) is 19.0. The van der Waals surface area contributed by atoms with Crippen LogP contribution in [0.4, 0.5) is 5.69 Å². The van der Waals surface area contributed by atoms with E-state index in [1.54, 1.807) is 24.7 Å². The van der Waals surface area contributed by atoms with Crippen molar-refractivity contribution in [1.29, 1.82) is 0 Å². The summed E-state index contributed by atoms with van der Waals surface area (Å²) in [4.78, 5) is 18.8. The predicted molar refractivity (Wildman–Crippen MR) is 112 cm³/mol. The molecule has 2 N–H and O–H groups in total. The lowest BCUT2D eigenvalue weighted by Gasteiger charge is -2.26. The van der Waals surface area contributed by atoms with Crippen molar-refractivity contribution in [3.05, 3.63) is 72.3 Å². The number of aromatic amines is 1. The zero-order chi connectivity index (χ0) is 19.9. The lowest BCUT2D eigenvalue weighted by Crippen LogP contribution is -2.35. The number of hydrogen-bond acceptors (Lipinski definition) is 5. The minimum Gasteiger partial charge on any atom is -0.379 e. The Morgan fingerprint density at radius 2 is 2.00 bits per heavy atom. The van der Waals surface area contributed by atoms with Crippen LogP contribution in [-0.2, 0) is 16.1 Å². The number of ether oxygens (including phenoxy) is 1. The Hall–Kier alpha value is -3.29. The second kappa shape index (κ2) is 9.27. The zero-order valence-corrected chi connectivity index (χ0v) is 16.0. The second-order valence-corrected chi connectivity index (χ2v) is 6.86. The smallest absolute Gasteiger partial charge is 0.248 e. The van der Waals surface area contributed by atoms with Crippen LogP contribution in [0.2, 0.25) is 0 Å². The molecule has 0 radical (unpaired) electrons. The van der Waals surface area contributed by atoms with Crippen molar-refractivity contribution in [2.75, 3.05) is 31.6 Å². The number of nitrogens with one attached hydrogen (secondary N) is 2. The number of nitrogens with zero attached hydrogens (tertiary/aromatic N) is 3. The van der Waals surface area contributed by atoms with E-state index in [1.165, 1.54) is 11.6 Å². The van der Waals surface area contributed by atoms with E-state index in [0.29, 0.717) is 0 Å². The van der Waals surface area contributed by atoms with Gasteiger partial charge in [-0.3, -0.25) is 19.8 Å². The maximum atomic E-state index is 12.3. The maximum absolute atomic E-state index is 12.3. The highest BCUT2D eigenvalue weighted by Gasteiger charge is 2.10. The molecule has 3 aromatic rings. The van der Waals surface area contributed by atoms with Crippen molar-refractivity contribution in [3.63, 3.8) is 0 Å². The molecule has 29 heavy (non-hydrogen) atoms. The van der Waals surface area contributed by atoms with Crippen molar-refractivity contribution in [1.82, 2.24) is 20.1 Å². The van der Waals surface area contributed by atoms with Crippen LogP contribution in [0.3, 0.4) is 0 Å². The van der Waals surface area contributed by atoms with E-state index < -0.39 is 0 Å². The average Bonchev–Trinajstić information content (AvgIpc) is 3.29. The van der Waals surface area contributed by atoms with Crippen LogP contribution in [0.25, 0.3) is 17.2 Å². The minimum absolute atomic E-state index is 0.187. The number of pyridine rings is 1. The van der Waals surface area contributed by atoms with Gasteiger partial charge in [0.25, 0.3) is 0 Å². The molecule has 7 heteroatoms. The SMILES string of the molecule is O=C(/C=C/c1cnccc1-c1cn[nH]c1)Nc1ccc(CN2CCOCC2)cc1. The van der Waals surface area contributed by atoms with Crippen LogP contribution in [0.15, 0.2) is 61.2 Å². The molecule has 0 saturated carbocycles. The van der Waals surface area contributed by atoms with Crippen LogP contribution >= 0.6 is 0 Å². The van der Waals surface area contributed by atoms with E-state index in [1.807, 2.05) is 36.5 Å². The highest BCUT2D eigenvalue weighted by atomic mass is 16.5. The molecule has 0 bridgehead atoms. The van der Waals surface area contributed by atoms with Crippen molar-refractivity contribution in [3.8, 4) is 11.1 Å². The van der Waals surface area contributed by atoms with E-state index in [0.717, 1.165) is 55.2 Å². The van der Waals surface area contributed by atoms with Gasteiger partial charge in [-0.05, 0) is 35.4 Å². The van der Waals surface area contributed by atoms with Crippen molar-refractivity contribution >= 4 is 17.7 Å². The van der Waals surface area contributed by atoms with Crippen molar-refractivity contribution < 1.29 is 9.53 Å². The predicted octanol–water partition coefficient (Wildman–Crippen LogP) is 2.96. The van der Waals surface area contributed by atoms with Crippen molar-refractivity contribution in [2.24, 2.45) is 0 Å².